The topological polar surface area (TPSA) is 64.1 Å². The van der Waals surface area contributed by atoms with E-state index in [1.165, 1.54) is 38.5 Å². The molecule has 0 aromatic heterocycles. The fourth-order valence-corrected chi connectivity index (χ4v) is 1.93. The van der Waals surface area contributed by atoms with E-state index in [2.05, 4.69) is 12.2 Å². The molecule has 0 saturated heterocycles. The second-order valence-corrected chi connectivity index (χ2v) is 4.57. The van der Waals surface area contributed by atoms with Gasteiger partial charge in [0.25, 0.3) is 0 Å². The molecule has 1 unspecified atom stereocenters. The van der Waals surface area contributed by atoms with Crippen molar-refractivity contribution in [2.75, 3.05) is 19.6 Å². The standard InChI is InChI=1S/C13H31N3/c1-2-3-4-8-13(9-5-6-10-14)16-12-7-11-15/h13,16H,2-12,14-15H2,1H3. The Morgan fingerprint density at radius 2 is 1.50 bits per heavy atom. The maximum Gasteiger partial charge on any atom is 0.00670 e. The second-order valence-electron chi connectivity index (χ2n) is 4.57. The van der Waals surface area contributed by atoms with E-state index in [0.717, 1.165) is 32.5 Å². The van der Waals surface area contributed by atoms with Crippen LogP contribution >= 0.6 is 0 Å². The summed E-state index contributed by atoms with van der Waals surface area (Å²) in [6.45, 7) is 4.93. The van der Waals surface area contributed by atoms with Gasteiger partial charge in [-0.2, -0.15) is 0 Å². The largest absolute Gasteiger partial charge is 0.330 e. The summed E-state index contributed by atoms with van der Waals surface area (Å²) < 4.78 is 0. The minimum absolute atomic E-state index is 0.685. The highest BCUT2D eigenvalue weighted by Crippen LogP contribution is 2.09. The molecule has 98 valence electrons. The zero-order chi connectivity index (χ0) is 12.1. The smallest absolute Gasteiger partial charge is 0.00670 e. The molecule has 0 aromatic carbocycles. The van der Waals surface area contributed by atoms with Gasteiger partial charge < -0.3 is 16.8 Å². The van der Waals surface area contributed by atoms with Gasteiger partial charge in [0.15, 0.2) is 0 Å². The quantitative estimate of drug-likeness (QED) is 0.449. The lowest BCUT2D eigenvalue weighted by molar-refractivity contribution is 0.419. The highest BCUT2D eigenvalue weighted by Gasteiger charge is 2.06. The zero-order valence-corrected chi connectivity index (χ0v) is 11.0. The molecule has 0 fully saturated rings. The maximum absolute atomic E-state index is 5.52. The van der Waals surface area contributed by atoms with Crippen molar-refractivity contribution in [3.05, 3.63) is 0 Å². The molecule has 0 bridgehead atoms. The first-order valence-corrected chi connectivity index (χ1v) is 6.98. The zero-order valence-electron chi connectivity index (χ0n) is 11.0. The van der Waals surface area contributed by atoms with Crippen molar-refractivity contribution in [2.45, 2.75) is 64.3 Å². The molecule has 0 aliphatic rings. The van der Waals surface area contributed by atoms with E-state index >= 15 is 0 Å². The van der Waals surface area contributed by atoms with Crippen LogP contribution in [-0.2, 0) is 0 Å². The SMILES string of the molecule is CCCCCC(CCCCN)NCCCN. The third-order valence-electron chi connectivity index (χ3n) is 2.98. The molecule has 0 aliphatic carbocycles. The summed E-state index contributed by atoms with van der Waals surface area (Å²) in [5, 5.41) is 3.62. The van der Waals surface area contributed by atoms with Crippen LogP contribution in [0.3, 0.4) is 0 Å². The van der Waals surface area contributed by atoms with Crippen LogP contribution in [0.25, 0.3) is 0 Å². The number of rotatable bonds is 12. The molecule has 1 atom stereocenters. The summed E-state index contributed by atoms with van der Waals surface area (Å²) in [5.41, 5.74) is 11.0. The van der Waals surface area contributed by atoms with Gasteiger partial charge in [0.2, 0.25) is 0 Å². The van der Waals surface area contributed by atoms with Crippen LogP contribution in [0.5, 0.6) is 0 Å². The molecule has 0 heterocycles. The summed E-state index contributed by atoms with van der Waals surface area (Å²) in [5.74, 6) is 0. The molecule has 3 heteroatoms. The highest BCUT2D eigenvalue weighted by atomic mass is 14.9. The van der Waals surface area contributed by atoms with Crippen LogP contribution in [-0.4, -0.2) is 25.7 Å². The molecular formula is C13H31N3. The Bertz CT molecular complexity index is 105. The average Bonchev–Trinajstić information content (AvgIpc) is 2.29. The number of hydrogen-bond donors (Lipinski definition) is 3. The summed E-state index contributed by atoms with van der Waals surface area (Å²) in [6.07, 6.45) is 10.1. The van der Waals surface area contributed by atoms with Crippen LogP contribution in [0, 0.1) is 0 Å². The molecule has 16 heavy (non-hydrogen) atoms. The molecular weight excluding hydrogens is 198 g/mol. The Morgan fingerprint density at radius 3 is 2.06 bits per heavy atom. The molecule has 0 saturated carbocycles. The Balaban J connectivity index is 3.58. The molecule has 0 rings (SSSR count). The van der Waals surface area contributed by atoms with Crippen LogP contribution < -0.4 is 16.8 Å². The summed E-state index contributed by atoms with van der Waals surface area (Å²) >= 11 is 0. The van der Waals surface area contributed by atoms with Crippen molar-refractivity contribution < 1.29 is 0 Å². The summed E-state index contributed by atoms with van der Waals surface area (Å²) in [4.78, 5) is 0. The van der Waals surface area contributed by atoms with Gasteiger partial charge >= 0.3 is 0 Å². The predicted octanol–water partition coefficient (Wildman–Crippen LogP) is 2.00. The molecule has 0 aromatic rings. The minimum atomic E-state index is 0.685. The average molecular weight is 229 g/mol. The van der Waals surface area contributed by atoms with Crippen LogP contribution in [0.1, 0.15) is 58.3 Å². The third kappa shape index (κ3) is 10.4. The monoisotopic (exact) mass is 229 g/mol. The van der Waals surface area contributed by atoms with Crippen molar-refractivity contribution in [2.24, 2.45) is 11.5 Å². The lowest BCUT2D eigenvalue weighted by Gasteiger charge is -2.18. The summed E-state index contributed by atoms with van der Waals surface area (Å²) in [7, 11) is 0. The van der Waals surface area contributed by atoms with Crippen LogP contribution in [0.15, 0.2) is 0 Å². The van der Waals surface area contributed by atoms with Crippen molar-refractivity contribution in [3.8, 4) is 0 Å². The first-order valence-electron chi connectivity index (χ1n) is 6.98. The second kappa shape index (κ2) is 12.9. The first kappa shape index (κ1) is 15.9. The summed E-state index contributed by atoms with van der Waals surface area (Å²) in [6, 6.07) is 0.685. The number of nitrogens with two attached hydrogens (primary N) is 2. The van der Waals surface area contributed by atoms with E-state index < -0.39 is 0 Å². The van der Waals surface area contributed by atoms with Crippen molar-refractivity contribution in [3.63, 3.8) is 0 Å². The molecule has 5 N–H and O–H groups in total. The van der Waals surface area contributed by atoms with E-state index in [0.29, 0.717) is 6.04 Å². The van der Waals surface area contributed by atoms with E-state index in [1.807, 2.05) is 0 Å². The minimum Gasteiger partial charge on any atom is -0.330 e. The Morgan fingerprint density at radius 1 is 0.875 bits per heavy atom. The van der Waals surface area contributed by atoms with Crippen LogP contribution in [0.4, 0.5) is 0 Å². The number of nitrogens with one attached hydrogen (secondary N) is 1. The molecule has 0 amide bonds. The van der Waals surface area contributed by atoms with Gasteiger partial charge in [-0.3, -0.25) is 0 Å². The molecule has 0 aliphatic heterocycles. The third-order valence-corrected chi connectivity index (χ3v) is 2.98. The van der Waals surface area contributed by atoms with E-state index in [-0.39, 0.29) is 0 Å². The molecule has 0 radical (unpaired) electrons. The van der Waals surface area contributed by atoms with E-state index in [4.69, 9.17) is 11.5 Å². The van der Waals surface area contributed by atoms with Gasteiger partial charge in [0, 0.05) is 6.04 Å². The van der Waals surface area contributed by atoms with E-state index in [1.54, 1.807) is 0 Å². The Kier molecular flexibility index (Phi) is 12.9. The Hall–Kier alpha value is -0.120. The van der Waals surface area contributed by atoms with Crippen molar-refractivity contribution in [1.82, 2.24) is 5.32 Å². The van der Waals surface area contributed by atoms with Gasteiger partial charge in [-0.1, -0.05) is 32.6 Å². The lowest BCUT2D eigenvalue weighted by atomic mass is 10.0. The van der Waals surface area contributed by atoms with Gasteiger partial charge in [-0.15, -0.1) is 0 Å². The maximum atomic E-state index is 5.52. The van der Waals surface area contributed by atoms with Gasteiger partial charge in [0.1, 0.15) is 0 Å². The van der Waals surface area contributed by atoms with Crippen molar-refractivity contribution in [1.29, 1.82) is 0 Å². The van der Waals surface area contributed by atoms with Gasteiger partial charge in [-0.25, -0.2) is 0 Å². The normalized spacial score (nSPS) is 12.9. The van der Waals surface area contributed by atoms with Crippen molar-refractivity contribution >= 4 is 0 Å². The predicted molar refractivity (Wildman–Crippen MR) is 72.5 cm³/mol. The van der Waals surface area contributed by atoms with Crippen LogP contribution in [0.2, 0.25) is 0 Å². The number of unbranched alkanes of at least 4 members (excludes halogenated alkanes) is 3. The van der Waals surface area contributed by atoms with E-state index in [9.17, 15) is 0 Å². The fraction of sp³-hybridized carbons (Fsp3) is 1.00. The molecule has 0 spiro atoms. The molecule has 3 nitrogen and oxygen atoms in total. The fourth-order valence-electron chi connectivity index (χ4n) is 1.93. The lowest BCUT2D eigenvalue weighted by Crippen LogP contribution is -2.31. The Labute approximate surface area is 101 Å². The van der Waals surface area contributed by atoms with Gasteiger partial charge in [0.05, 0.1) is 0 Å². The number of hydrogen-bond acceptors (Lipinski definition) is 3. The first-order chi connectivity index (χ1) is 7.85. The highest BCUT2D eigenvalue weighted by molar-refractivity contribution is 4.67. The van der Waals surface area contributed by atoms with Gasteiger partial charge in [-0.05, 0) is 45.3 Å².